The molecule has 5 heteroatoms. The lowest BCUT2D eigenvalue weighted by molar-refractivity contribution is 0.127. The molecule has 2 saturated heterocycles. The van der Waals surface area contributed by atoms with Gasteiger partial charge in [-0.2, -0.15) is 0 Å². The molecular formula is C21H35N5. The Labute approximate surface area is 158 Å². The SMILES string of the molecule is CC1CCN(C(N)=NCCCN2CCN(Cc3ccccc3)CC2)CC1. The molecule has 1 aromatic rings. The number of guanidine groups is 1. The van der Waals surface area contributed by atoms with Crippen LogP contribution in [0.2, 0.25) is 0 Å². The Morgan fingerprint density at radius 2 is 1.65 bits per heavy atom. The monoisotopic (exact) mass is 357 g/mol. The molecule has 2 aliphatic rings. The molecule has 0 unspecified atom stereocenters. The molecule has 144 valence electrons. The largest absolute Gasteiger partial charge is 0.370 e. The van der Waals surface area contributed by atoms with E-state index in [4.69, 9.17) is 5.73 Å². The first-order valence-electron chi connectivity index (χ1n) is 10.2. The zero-order chi connectivity index (χ0) is 18.2. The molecule has 26 heavy (non-hydrogen) atoms. The number of hydrogen-bond donors (Lipinski definition) is 1. The lowest BCUT2D eigenvalue weighted by atomic mass is 10.00. The Morgan fingerprint density at radius 1 is 1.00 bits per heavy atom. The second kappa shape index (κ2) is 9.93. The Balaban J connectivity index is 1.29. The van der Waals surface area contributed by atoms with E-state index in [1.54, 1.807) is 0 Å². The smallest absolute Gasteiger partial charge is 0.191 e. The van der Waals surface area contributed by atoms with E-state index in [1.165, 1.54) is 18.4 Å². The first-order chi connectivity index (χ1) is 12.7. The topological polar surface area (TPSA) is 48.1 Å². The molecule has 0 saturated carbocycles. The normalized spacial score (nSPS) is 21.3. The van der Waals surface area contributed by atoms with E-state index >= 15 is 0 Å². The van der Waals surface area contributed by atoms with Crippen LogP contribution >= 0.6 is 0 Å². The zero-order valence-electron chi connectivity index (χ0n) is 16.3. The van der Waals surface area contributed by atoms with Gasteiger partial charge in [-0.1, -0.05) is 37.3 Å². The maximum atomic E-state index is 6.16. The molecule has 0 aromatic heterocycles. The molecule has 2 N–H and O–H groups in total. The van der Waals surface area contributed by atoms with Gasteiger partial charge in [0.2, 0.25) is 0 Å². The van der Waals surface area contributed by atoms with Crippen molar-refractivity contribution in [3.8, 4) is 0 Å². The van der Waals surface area contributed by atoms with Crippen LogP contribution < -0.4 is 5.73 Å². The van der Waals surface area contributed by atoms with Crippen molar-refractivity contribution < 1.29 is 0 Å². The summed E-state index contributed by atoms with van der Waals surface area (Å²) in [5.41, 5.74) is 7.57. The van der Waals surface area contributed by atoms with Crippen molar-refractivity contribution in [1.82, 2.24) is 14.7 Å². The third-order valence-corrected chi connectivity index (χ3v) is 5.73. The minimum Gasteiger partial charge on any atom is -0.370 e. The lowest BCUT2D eigenvalue weighted by Crippen LogP contribution is -2.46. The second-order valence-corrected chi connectivity index (χ2v) is 7.87. The number of rotatable bonds is 6. The van der Waals surface area contributed by atoms with Gasteiger partial charge in [0.15, 0.2) is 5.96 Å². The third kappa shape index (κ3) is 5.99. The fourth-order valence-corrected chi connectivity index (χ4v) is 3.84. The van der Waals surface area contributed by atoms with Crippen molar-refractivity contribution in [2.24, 2.45) is 16.6 Å². The van der Waals surface area contributed by atoms with Gasteiger partial charge in [-0.25, -0.2) is 0 Å². The van der Waals surface area contributed by atoms with Crippen molar-refractivity contribution in [3.05, 3.63) is 35.9 Å². The summed E-state index contributed by atoms with van der Waals surface area (Å²) in [6.45, 7) is 12.2. The molecule has 2 fully saturated rings. The predicted octanol–water partition coefficient (Wildman–Crippen LogP) is 2.24. The van der Waals surface area contributed by atoms with Crippen molar-refractivity contribution in [2.75, 3.05) is 52.4 Å². The summed E-state index contributed by atoms with van der Waals surface area (Å²) < 4.78 is 0. The van der Waals surface area contributed by atoms with E-state index < -0.39 is 0 Å². The highest BCUT2D eigenvalue weighted by molar-refractivity contribution is 5.78. The molecule has 0 spiro atoms. The first-order valence-corrected chi connectivity index (χ1v) is 10.2. The van der Waals surface area contributed by atoms with E-state index in [-0.39, 0.29) is 0 Å². The molecule has 0 atom stereocenters. The fourth-order valence-electron chi connectivity index (χ4n) is 3.84. The van der Waals surface area contributed by atoms with Crippen molar-refractivity contribution in [3.63, 3.8) is 0 Å². The van der Waals surface area contributed by atoms with E-state index in [0.717, 1.165) is 77.2 Å². The summed E-state index contributed by atoms with van der Waals surface area (Å²) in [5, 5.41) is 0. The number of piperidine rings is 1. The van der Waals surface area contributed by atoms with E-state index in [1.807, 2.05) is 0 Å². The van der Waals surface area contributed by atoms with Gasteiger partial charge in [0, 0.05) is 58.9 Å². The molecule has 0 bridgehead atoms. The molecule has 3 rings (SSSR count). The van der Waals surface area contributed by atoms with E-state index in [2.05, 4.69) is 56.9 Å². The number of hydrogen-bond acceptors (Lipinski definition) is 3. The molecule has 0 aliphatic carbocycles. The van der Waals surface area contributed by atoms with Gasteiger partial charge in [0.1, 0.15) is 0 Å². The van der Waals surface area contributed by atoms with Crippen LogP contribution in [0.15, 0.2) is 35.3 Å². The lowest BCUT2D eigenvalue weighted by Gasteiger charge is -2.34. The minimum atomic E-state index is 0.754. The summed E-state index contributed by atoms with van der Waals surface area (Å²) in [5.74, 6) is 1.59. The standard InChI is InChI=1S/C21H35N5/c1-19-8-12-26(13-9-19)21(22)23-10-5-11-24-14-16-25(17-15-24)18-20-6-3-2-4-7-20/h2-4,6-7,19H,5,8-18H2,1H3,(H2,22,23). The van der Waals surface area contributed by atoms with Gasteiger partial charge in [-0.3, -0.25) is 9.89 Å². The van der Waals surface area contributed by atoms with E-state index in [0.29, 0.717) is 0 Å². The summed E-state index contributed by atoms with van der Waals surface area (Å²) in [6, 6.07) is 10.8. The summed E-state index contributed by atoms with van der Waals surface area (Å²) in [7, 11) is 0. The Kier molecular flexibility index (Phi) is 7.32. The summed E-state index contributed by atoms with van der Waals surface area (Å²) in [6.07, 6.45) is 3.58. The highest BCUT2D eigenvalue weighted by Gasteiger charge is 2.18. The first kappa shape index (κ1) is 19.2. The summed E-state index contributed by atoms with van der Waals surface area (Å²) >= 11 is 0. The molecule has 2 aliphatic heterocycles. The van der Waals surface area contributed by atoms with Crippen LogP contribution in [0.4, 0.5) is 0 Å². The van der Waals surface area contributed by atoms with Crippen LogP contribution in [-0.4, -0.2) is 73.0 Å². The molecule has 0 amide bonds. The molecule has 1 aromatic carbocycles. The van der Waals surface area contributed by atoms with Crippen LogP contribution in [-0.2, 0) is 6.54 Å². The van der Waals surface area contributed by atoms with Gasteiger partial charge >= 0.3 is 0 Å². The van der Waals surface area contributed by atoms with Gasteiger partial charge in [0.25, 0.3) is 0 Å². The van der Waals surface area contributed by atoms with Crippen LogP contribution in [0, 0.1) is 5.92 Å². The van der Waals surface area contributed by atoms with Crippen LogP contribution in [0.3, 0.4) is 0 Å². The quantitative estimate of drug-likeness (QED) is 0.482. The van der Waals surface area contributed by atoms with Crippen molar-refractivity contribution >= 4 is 5.96 Å². The molecule has 2 heterocycles. The molecule has 0 radical (unpaired) electrons. The second-order valence-electron chi connectivity index (χ2n) is 7.87. The number of nitrogens with two attached hydrogens (primary N) is 1. The number of piperazine rings is 1. The Morgan fingerprint density at radius 3 is 2.35 bits per heavy atom. The van der Waals surface area contributed by atoms with Crippen LogP contribution in [0.1, 0.15) is 31.7 Å². The fraction of sp³-hybridized carbons (Fsp3) is 0.667. The van der Waals surface area contributed by atoms with Crippen molar-refractivity contribution in [1.29, 1.82) is 0 Å². The maximum absolute atomic E-state index is 6.16. The Bertz CT molecular complexity index is 543. The number of nitrogens with zero attached hydrogens (tertiary/aromatic N) is 4. The average Bonchev–Trinajstić information content (AvgIpc) is 2.68. The van der Waals surface area contributed by atoms with Crippen LogP contribution in [0.25, 0.3) is 0 Å². The predicted molar refractivity (Wildman–Crippen MR) is 109 cm³/mol. The third-order valence-electron chi connectivity index (χ3n) is 5.73. The van der Waals surface area contributed by atoms with Crippen molar-refractivity contribution in [2.45, 2.75) is 32.7 Å². The van der Waals surface area contributed by atoms with Gasteiger partial charge in [-0.05, 0) is 30.7 Å². The average molecular weight is 358 g/mol. The Hall–Kier alpha value is -1.59. The zero-order valence-corrected chi connectivity index (χ0v) is 16.3. The van der Waals surface area contributed by atoms with Gasteiger partial charge in [-0.15, -0.1) is 0 Å². The number of benzene rings is 1. The van der Waals surface area contributed by atoms with Gasteiger partial charge in [0.05, 0.1) is 0 Å². The molecule has 5 nitrogen and oxygen atoms in total. The molecular weight excluding hydrogens is 322 g/mol. The van der Waals surface area contributed by atoms with Crippen LogP contribution in [0.5, 0.6) is 0 Å². The van der Waals surface area contributed by atoms with Gasteiger partial charge < -0.3 is 15.5 Å². The minimum absolute atomic E-state index is 0.754. The number of likely N-dealkylation sites (tertiary alicyclic amines) is 1. The highest BCUT2D eigenvalue weighted by atomic mass is 15.3. The highest BCUT2D eigenvalue weighted by Crippen LogP contribution is 2.15. The van der Waals surface area contributed by atoms with E-state index in [9.17, 15) is 0 Å². The maximum Gasteiger partial charge on any atom is 0.191 e. The number of aliphatic imine (C=N–C) groups is 1. The summed E-state index contributed by atoms with van der Waals surface area (Å²) in [4.78, 5) is 12.0.